The Balaban J connectivity index is 2.26. The van der Waals surface area contributed by atoms with Crippen molar-refractivity contribution in [1.82, 2.24) is 0 Å². The minimum atomic E-state index is -0.576. The Hall–Kier alpha value is -2.15. The number of nitrogens with zero attached hydrogens (tertiary/aromatic N) is 1. The van der Waals surface area contributed by atoms with E-state index >= 15 is 0 Å². The van der Waals surface area contributed by atoms with Gasteiger partial charge in [-0.25, -0.2) is 4.39 Å². The van der Waals surface area contributed by atoms with Crippen molar-refractivity contribution in [3.8, 4) is 11.5 Å². The van der Waals surface area contributed by atoms with E-state index < -0.39 is 10.7 Å². The van der Waals surface area contributed by atoms with E-state index in [1.165, 1.54) is 36.4 Å². The second-order valence-corrected chi connectivity index (χ2v) is 4.51. The molecule has 2 N–H and O–H groups in total. The van der Waals surface area contributed by atoms with Crippen LogP contribution in [0.15, 0.2) is 40.9 Å². The summed E-state index contributed by atoms with van der Waals surface area (Å²) < 4.78 is 18.7. The molecule has 5 nitrogen and oxygen atoms in total. The molecule has 0 unspecified atom stereocenters. The number of ether oxygens (including phenoxy) is 1. The zero-order valence-electron chi connectivity index (χ0n) is 9.47. The Bertz CT molecular complexity index is 649. The quantitative estimate of drug-likeness (QED) is 0.527. The lowest BCUT2D eigenvalue weighted by Gasteiger charge is -2.07. The first-order valence-corrected chi connectivity index (χ1v) is 5.93. The van der Waals surface area contributed by atoms with E-state index in [9.17, 15) is 14.5 Å². The molecule has 0 radical (unpaired) electrons. The average Bonchev–Trinajstić information content (AvgIpc) is 2.33. The summed E-state index contributed by atoms with van der Waals surface area (Å²) in [5, 5.41) is 10.6. The van der Waals surface area contributed by atoms with Crippen LogP contribution in [0.4, 0.5) is 15.8 Å². The minimum Gasteiger partial charge on any atom is -0.457 e. The molecular formula is C12H8BrFN2O3. The van der Waals surface area contributed by atoms with E-state index in [0.717, 1.165) is 0 Å². The number of hydrogen-bond donors (Lipinski definition) is 1. The zero-order valence-corrected chi connectivity index (χ0v) is 11.1. The predicted molar refractivity (Wildman–Crippen MR) is 71.7 cm³/mol. The molecule has 2 aromatic carbocycles. The Morgan fingerprint density at radius 3 is 2.42 bits per heavy atom. The molecule has 0 saturated heterocycles. The molecule has 2 rings (SSSR count). The highest BCUT2D eigenvalue weighted by molar-refractivity contribution is 9.10. The van der Waals surface area contributed by atoms with E-state index in [1.54, 1.807) is 0 Å². The number of nitro groups is 1. The number of nitrogens with two attached hydrogens (primary N) is 1. The third-order valence-corrected chi connectivity index (χ3v) is 2.93. The number of nitro benzene ring substituents is 1. The van der Waals surface area contributed by atoms with Gasteiger partial charge in [-0.05, 0) is 40.2 Å². The summed E-state index contributed by atoms with van der Waals surface area (Å²) in [7, 11) is 0. The third-order valence-electron chi connectivity index (χ3n) is 2.32. The molecule has 7 heteroatoms. The third kappa shape index (κ3) is 3.00. The number of hydrogen-bond acceptors (Lipinski definition) is 4. The van der Waals surface area contributed by atoms with Crippen molar-refractivity contribution >= 4 is 27.3 Å². The van der Waals surface area contributed by atoms with E-state index in [4.69, 9.17) is 10.5 Å². The van der Waals surface area contributed by atoms with Crippen LogP contribution in [0.1, 0.15) is 0 Å². The molecule has 0 aliphatic carbocycles. The molecule has 98 valence electrons. The van der Waals surface area contributed by atoms with Gasteiger partial charge in [0, 0.05) is 12.1 Å². The van der Waals surface area contributed by atoms with Crippen LogP contribution < -0.4 is 10.5 Å². The molecule has 0 bridgehead atoms. The van der Waals surface area contributed by atoms with E-state index in [2.05, 4.69) is 15.9 Å². The van der Waals surface area contributed by atoms with E-state index in [0.29, 0.717) is 11.5 Å². The highest BCUT2D eigenvalue weighted by Crippen LogP contribution is 2.30. The fraction of sp³-hybridized carbons (Fsp3) is 0. The van der Waals surface area contributed by atoms with Gasteiger partial charge in [-0.3, -0.25) is 10.1 Å². The smallest absolute Gasteiger partial charge is 0.292 e. The summed E-state index contributed by atoms with van der Waals surface area (Å²) in [6.45, 7) is 0. The molecule has 0 aromatic heterocycles. The minimum absolute atomic E-state index is 0.00340. The largest absolute Gasteiger partial charge is 0.457 e. The summed E-state index contributed by atoms with van der Waals surface area (Å²) in [5.74, 6) is 0.318. The summed E-state index contributed by atoms with van der Waals surface area (Å²) in [4.78, 5) is 10.0. The van der Waals surface area contributed by atoms with Crippen molar-refractivity contribution in [1.29, 1.82) is 0 Å². The maximum atomic E-state index is 13.0. The van der Waals surface area contributed by atoms with Gasteiger partial charge in [-0.1, -0.05) is 0 Å². The lowest BCUT2D eigenvalue weighted by molar-refractivity contribution is -0.383. The van der Waals surface area contributed by atoms with Gasteiger partial charge in [0.2, 0.25) is 0 Å². The monoisotopic (exact) mass is 326 g/mol. The van der Waals surface area contributed by atoms with Gasteiger partial charge in [0.1, 0.15) is 23.0 Å². The lowest BCUT2D eigenvalue weighted by atomic mass is 10.2. The highest BCUT2D eigenvalue weighted by atomic mass is 79.9. The van der Waals surface area contributed by atoms with Crippen LogP contribution in [-0.4, -0.2) is 4.92 Å². The second kappa shape index (κ2) is 5.23. The van der Waals surface area contributed by atoms with Crippen LogP contribution in [0, 0.1) is 15.9 Å². The topological polar surface area (TPSA) is 78.4 Å². The van der Waals surface area contributed by atoms with Crippen molar-refractivity contribution in [2.75, 3.05) is 5.73 Å². The average molecular weight is 327 g/mol. The molecule has 0 aliphatic heterocycles. The Labute approximate surface area is 116 Å². The lowest BCUT2D eigenvalue weighted by Crippen LogP contribution is -1.96. The number of rotatable bonds is 3. The maximum Gasteiger partial charge on any atom is 0.292 e. The van der Waals surface area contributed by atoms with Crippen molar-refractivity contribution in [3.63, 3.8) is 0 Å². The van der Waals surface area contributed by atoms with Crippen LogP contribution in [-0.2, 0) is 0 Å². The van der Waals surface area contributed by atoms with Crippen LogP contribution in [0.3, 0.4) is 0 Å². The molecule has 0 amide bonds. The molecule has 0 heterocycles. The van der Waals surface area contributed by atoms with Crippen LogP contribution in [0.5, 0.6) is 11.5 Å². The fourth-order valence-electron chi connectivity index (χ4n) is 1.44. The first-order valence-electron chi connectivity index (χ1n) is 5.14. The van der Waals surface area contributed by atoms with Crippen molar-refractivity contribution < 1.29 is 14.1 Å². The first-order chi connectivity index (χ1) is 8.97. The Morgan fingerprint density at radius 2 is 1.84 bits per heavy atom. The van der Waals surface area contributed by atoms with E-state index in [1.807, 2.05) is 0 Å². The molecule has 19 heavy (non-hydrogen) atoms. The van der Waals surface area contributed by atoms with E-state index in [-0.39, 0.29) is 15.8 Å². The summed E-state index contributed by atoms with van der Waals surface area (Å²) in [5.41, 5.74) is 5.36. The zero-order chi connectivity index (χ0) is 14.0. The van der Waals surface area contributed by atoms with Gasteiger partial charge in [-0.2, -0.15) is 0 Å². The van der Waals surface area contributed by atoms with Gasteiger partial charge >= 0.3 is 0 Å². The normalized spacial score (nSPS) is 10.2. The van der Waals surface area contributed by atoms with Crippen LogP contribution in [0.25, 0.3) is 0 Å². The molecular weight excluding hydrogens is 319 g/mol. The van der Waals surface area contributed by atoms with Gasteiger partial charge in [-0.15, -0.1) is 0 Å². The fourth-order valence-corrected chi connectivity index (χ4v) is 1.80. The molecule has 0 atom stereocenters. The van der Waals surface area contributed by atoms with Gasteiger partial charge in [0.15, 0.2) is 0 Å². The number of nitrogen functional groups attached to an aromatic ring is 1. The van der Waals surface area contributed by atoms with Gasteiger partial charge in [0.05, 0.1) is 9.40 Å². The number of halogens is 2. The SMILES string of the molecule is Nc1cc(Oc2ccc(F)c(Br)c2)ccc1[N+](=O)[O-]. The highest BCUT2D eigenvalue weighted by Gasteiger charge is 2.12. The first kappa shape index (κ1) is 13.3. The molecule has 2 aromatic rings. The number of benzene rings is 2. The predicted octanol–water partition coefficient (Wildman–Crippen LogP) is 3.87. The van der Waals surface area contributed by atoms with Crippen LogP contribution in [0.2, 0.25) is 0 Å². The standard InChI is InChI=1S/C12H8BrFN2O3/c13-9-5-7(1-3-10(9)14)19-8-2-4-12(16(17)18)11(15)6-8/h1-6H,15H2. The molecule has 0 saturated carbocycles. The van der Waals surface area contributed by atoms with Crippen molar-refractivity contribution in [2.24, 2.45) is 0 Å². The summed E-state index contributed by atoms with van der Waals surface area (Å²) in [6, 6.07) is 8.16. The van der Waals surface area contributed by atoms with Crippen molar-refractivity contribution in [3.05, 3.63) is 56.8 Å². The Morgan fingerprint density at radius 1 is 1.21 bits per heavy atom. The van der Waals surface area contributed by atoms with Crippen LogP contribution >= 0.6 is 15.9 Å². The number of anilines is 1. The summed E-state index contributed by atoms with van der Waals surface area (Å²) >= 11 is 3.04. The van der Waals surface area contributed by atoms with Crippen molar-refractivity contribution in [2.45, 2.75) is 0 Å². The van der Waals surface area contributed by atoms with Gasteiger partial charge < -0.3 is 10.5 Å². The molecule has 0 fully saturated rings. The maximum absolute atomic E-state index is 13.0. The second-order valence-electron chi connectivity index (χ2n) is 3.66. The molecule has 0 aliphatic rings. The van der Waals surface area contributed by atoms with Gasteiger partial charge in [0.25, 0.3) is 5.69 Å². The molecule has 0 spiro atoms. The summed E-state index contributed by atoms with van der Waals surface area (Å²) in [6.07, 6.45) is 0. The Kier molecular flexibility index (Phi) is 3.66.